The molecule has 2 fully saturated rings. The van der Waals surface area contributed by atoms with Gasteiger partial charge in [-0.3, -0.25) is 9.69 Å². The predicted molar refractivity (Wildman–Crippen MR) is 178 cm³/mol. The Labute approximate surface area is 274 Å². The van der Waals surface area contributed by atoms with Crippen LogP contribution >= 0.6 is 0 Å². The molecule has 2 aliphatic rings. The van der Waals surface area contributed by atoms with Gasteiger partial charge in [0.05, 0.1) is 23.3 Å². The summed E-state index contributed by atoms with van der Waals surface area (Å²) in [6.45, 7) is 5.97. The van der Waals surface area contributed by atoms with Crippen molar-refractivity contribution in [1.29, 1.82) is 5.26 Å². The van der Waals surface area contributed by atoms with Crippen LogP contribution in [-0.4, -0.2) is 113 Å². The third-order valence-electron chi connectivity index (χ3n) is 8.65. The van der Waals surface area contributed by atoms with Gasteiger partial charge in [0.15, 0.2) is 17.5 Å². The molecule has 6 rings (SSSR count). The van der Waals surface area contributed by atoms with Crippen LogP contribution in [0.4, 0.5) is 16.0 Å². The van der Waals surface area contributed by atoms with Gasteiger partial charge >= 0.3 is 0 Å². The van der Waals surface area contributed by atoms with Crippen molar-refractivity contribution in [3.63, 3.8) is 0 Å². The average molecular weight is 641 g/mol. The Morgan fingerprint density at radius 1 is 1.11 bits per heavy atom. The van der Waals surface area contributed by atoms with E-state index < -0.39 is 5.82 Å². The molecule has 0 saturated carbocycles. The standard InChI is InChI=1S/C34H41FN10O2/c1-41(2)20-21-47-27-10-8-25(9-11-27)23-42-16-18-43(19-17-42)34-31(35)33(38-26-6-5-14-44(24-26)30(46)12-13-36)39-32(40-34)28-22-37-45-15-4-3-7-29(28)45/h3-4,7-11,15,22,26H,5-6,12,14,16-21,23-24H2,1-2H3,(H,38,39,40)/t26-/m1/s1. The number of piperazine rings is 1. The molecule has 13 heteroatoms. The number of nitrogens with zero attached hydrogens (tertiary/aromatic N) is 9. The Hall–Kier alpha value is -4.80. The number of hydrogen-bond donors (Lipinski definition) is 1. The number of fused-ring (bicyclic) bond motifs is 1. The van der Waals surface area contributed by atoms with Crippen LogP contribution in [0.25, 0.3) is 16.9 Å². The molecule has 0 radical (unpaired) electrons. The zero-order valence-electron chi connectivity index (χ0n) is 27.0. The van der Waals surface area contributed by atoms with Gasteiger partial charge < -0.3 is 24.8 Å². The number of anilines is 2. The molecular weight excluding hydrogens is 599 g/mol. The summed E-state index contributed by atoms with van der Waals surface area (Å²) >= 11 is 0. The van der Waals surface area contributed by atoms with E-state index in [0.29, 0.717) is 44.2 Å². The Bertz CT molecular complexity index is 1710. The summed E-state index contributed by atoms with van der Waals surface area (Å²) in [5.41, 5.74) is 2.72. The van der Waals surface area contributed by atoms with Crippen molar-refractivity contribution in [1.82, 2.24) is 34.3 Å². The van der Waals surface area contributed by atoms with Gasteiger partial charge in [-0.1, -0.05) is 18.2 Å². The van der Waals surface area contributed by atoms with Crippen molar-refractivity contribution in [2.24, 2.45) is 0 Å². The van der Waals surface area contributed by atoms with Crippen LogP contribution in [0.1, 0.15) is 24.8 Å². The molecule has 0 unspecified atom stereocenters. The van der Waals surface area contributed by atoms with E-state index in [-0.39, 0.29) is 30.0 Å². The zero-order valence-corrected chi connectivity index (χ0v) is 27.0. The Kier molecular flexibility index (Phi) is 10.1. The molecule has 4 aromatic rings. The highest BCUT2D eigenvalue weighted by Gasteiger charge is 2.29. The smallest absolute Gasteiger partial charge is 0.236 e. The minimum absolute atomic E-state index is 0.107. The fourth-order valence-electron chi connectivity index (χ4n) is 6.08. The maximum Gasteiger partial charge on any atom is 0.236 e. The van der Waals surface area contributed by atoms with Gasteiger partial charge in [-0.05, 0) is 56.8 Å². The first-order valence-electron chi connectivity index (χ1n) is 16.1. The number of hydrogen-bond acceptors (Lipinski definition) is 10. The van der Waals surface area contributed by atoms with Crippen molar-refractivity contribution in [3.05, 3.63) is 66.2 Å². The van der Waals surface area contributed by atoms with Crippen LogP contribution in [0.15, 0.2) is 54.9 Å². The minimum Gasteiger partial charge on any atom is -0.492 e. The summed E-state index contributed by atoms with van der Waals surface area (Å²) in [4.78, 5) is 30.0. The summed E-state index contributed by atoms with van der Waals surface area (Å²) in [6.07, 6.45) is 4.89. The fraction of sp³-hybridized carbons (Fsp3) is 0.441. The second-order valence-corrected chi connectivity index (χ2v) is 12.3. The van der Waals surface area contributed by atoms with E-state index in [2.05, 4.69) is 37.3 Å². The highest BCUT2D eigenvalue weighted by atomic mass is 19.1. The molecule has 2 saturated heterocycles. The maximum absolute atomic E-state index is 16.3. The van der Waals surface area contributed by atoms with Gasteiger partial charge in [0, 0.05) is 64.6 Å². The summed E-state index contributed by atoms with van der Waals surface area (Å²) < 4.78 is 23.9. The quantitative estimate of drug-likeness (QED) is 0.261. The number of ether oxygens (including phenoxy) is 1. The summed E-state index contributed by atoms with van der Waals surface area (Å²) in [5, 5.41) is 16.7. The molecule has 1 atom stereocenters. The number of halogens is 1. The predicted octanol–water partition coefficient (Wildman–Crippen LogP) is 3.51. The highest BCUT2D eigenvalue weighted by molar-refractivity contribution is 5.79. The highest BCUT2D eigenvalue weighted by Crippen LogP contribution is 2.31. The van der Waals surface area contributed by atoms with E-state index in [9.17, 15) is 4.79 Å². The van der Waals surface area contributed by atoms with Crippen LogP contribution in [0.3, 0.4) is 0 Å². The average Bonchev–Trinajstić information content (AvgIpc) is 3.51. The summed E-state index contributed by atoms with van der Waals surface area (Å²) in [7, 11) is 4.05. The molecule has 3 aromatic heterocycles. The lowest BCUT2D eigenvalue weighted by atomic mass is 10.1. The zero-order chi connectivity index (χ0) is 32.8. The first-order valence-corrected chi connectivity index (χ1v) is 16.1. The first-order chi connectivity index (χ1) is 22.9. The van der Waals surface area contributed by atoms with E-state index in [1.807, 2.05) is 61.6 Å². The number of aromatic nitrogens is 4. The number of amides is 1. The molecule has 0 bridgehead atoms. The molecular formula is C34H41FN10O2. The van der Waals surface area contributed by atoms with Gasteiger partial charge in [0.1, 0.15) is 18.8 Å². The lowest BCUT2D eigenvalue weighted by Gasteiger charge is -2.36. The third-order valence-corrected chi connectivity index (χ3v) is 8.65. The minimum atomic E-state index is -0.510. The van der Waals surface area contributed by atoms with E-state index in [0.717, 1.165) is 50.3 Å². The van der Waals surface area contributed by atoms with Gasteiger partial charge in [-0.25, -0.2) is 14.5 Å². The molecule has 0 spiro atoms. The molecule has 1 N–H and O–H groups in total. The number of benzene rings is 1. The summed E-state index contributed by atoms with van der Waals surface area (Å²) in [5.74, 6) is 0.880. The lowest BCUT2D eigenvalue weighted by molar-refractivity contribution is -0.131. The van der Waals surface area contributed by atoms with Crippen molar-refractivity contribution in [3.8, 4) is 23.2 Å². The molecule has 1 amide bonds. The molecule has 1 aromatic carbocycles. The van der Waals surface area contributed by atoms with Crippen molar-refractivity contribution < 1.29 is 13.9 Å². The number of carbonyl (C=O) groups excluding carboxylic acids is 1. The maximum atomic E-state index is 16.3. The number of likely N-dealkylation sites (tertiary alicyclic amines) is 1. The van der Waals surface area contributed by atoms with Gasteiger partial charge in [-0.15, -0.1) is 0 Å². The fourth-order valence-corrected chi connectivity index (χ4v) is 6.08. The van der Waals surface area contributed by atoms with E-state index in [1.165, 1.54) is 5.56 Å². The number of likely N-dealkylation sites (N-methyl/N-ethyl adjacent to an activating group) is 1. The number of rotatable bonds is 11. The molecule has 12 nitrogen and oxygen atoms in total. The van der Waals surface area contributed by atoms with Crippen LogP contribution in [-0.2, 0) is 11.3 Å². The Balaban J connectivity index is 1.18. The largest absolute Gasteiger partial charge is 0.492 e. The lowest BCUT2D eigenvalue weighted by Crippen LogP contribution is -2.47. The van der Waals surface area contributed by atoms with Crippen molar-refractivity contribution >= 4 is 23.1 Å². The van der Waals surface area contributed by atoms with Crippen LogP contribution in [0.2, 0.25) is 0 Å². The van der Waals surface area contributed by atoms with E-state index in [4.69, 9.17) is 15.0 Å². The van der Waals surface area contributed by atoms with E-state index >= 15 is 4.39 Å². The Morgan fingerprint density at radius 3 is 2.68 bits per heavy atom. The third kappa shape index (κ3) is 7.78. The van der Waals surface area contributed by atoms with Gasteiger partial charge in [0.2, 0.25) is 11.7 Å². The van der Waals surface area contributed by atoms with Crippen molar-refractivity contribution in [2.45, 2.75) is 31.8 Å². The number of pyridine rings is 1. The van der Waals surface area contributed by atoms with Gasteiger partial charge in [-0.2, -0.15) is 14.8 Å². The second kappa shape index (κ2) is 14.7. The van der Waals surface area contributed by atoms with Crippen LogP contribution < -0.4 is 15.0 Å². The van der Waals surface area contributed by atoms with Gasteiger partial charge in [0.25, 0.3) is 0 Å². The molecule has 0 aliphatic carbocycles. The Morgan fingerprint density at radius 2 is 1.91 bits per heavy atom. The van der Waals surface area contributed by atoms with E-state index in [1.54, 1.807) is 15.6 Å². The van der Waals surface area contributed by atoms with Crippen molar-refractivity contribution in [2.75, 3.05) is 76.7 Å². The molecule has 5 heterocycles. The molecule has 2 aliphatic heterocycles. The second-order valence-electron chi connectivity index (χ2n) is 12.3. The monoisotopic (exact) mass is 640 g/mol. The molecule has 47 heavy (non-hydrogen) atoms. The normalized spacial score (nSPS) is 17.2. The number of nitriles is 1. The number of carbonyl (C=O) groups is 1. The topological polar surface area (TPSA) is 118 Å². The number of nitrogens with one attached hydrogen (secondary N) is 1. The first kappa shape index (κ1) is 32.2. The number of piperidine rings is 1. The van der Waals surface area contributed by atoms with Crippen LogP contribution in [0.5, 0.6) is 5.75 Å². The summed E-state index contributed by atoms with van der Waals surface area (Å²) in [6, 6.07) is 15.7. The SMILES string of the molecule is CN(C)CCOc1ccc(CN2CCN(c3nc(-c4cnn5ccccc45)nc(N[C@@H]4CCCN(C(=O)CC#N)C4)c3F)CC2)cc1. The van der Waals surface area contributed by atoms with Crippen LogP contribution in [0, 0.1) is 17.1 Å². The molecule has 246 valence electrons.